The molecule has 0 aliphatic rings. The van der Waals surface area contributed by atoms with E-state index in [-0.39, 0.29) is 15.7 Å². The van der Waals surface area contributed by atoms with Crippen LogP contribution < -0.4 is 5.32 Å². The number of benzene rings is 2. The topological polar surface area (TPSA) is 12.0 Å². The third-order valence-electron chi connectivity index (χ3n) is 2.71. The van der Waals surface area contributed by atoms with Crippen LogP contribution in [0.15, 0.2) is 53.0 Å². The van der Waals surface area contributed by atoms with Crippen LogP contribution in [0, 0.1) is 5.82 Å². The van der Waals surface area contributed by atoms with Crippen LogP contribution in [0.2, 0.25) is 0 Å². The van der Waals surface area contributed by atoms with E-state index in [9.17, 15) is 17.6 Å². The van der Waals surface area contributed by atoms with Gasteiger partial charge in [-0.3, -0.25) is 0 Å². The first-order chi connectivity index (χ1) is 9.39. The summed E-state index contributed by atoms with van der Waals surface area (Å²) >= 11 is 3.05. The first-order valence-corrected chi connectivity index (χ1v) is 6.51. The van der Waals surface area contributed by atoms with Crippen LogP contribution in [0.25, 0.3) is 0 Å². The summed E-state index contributed by atoms with van der Waals surface area (Å²) in [6.45, 7) is 0. The molecule has 0 saturated carbocycles. The van der Waals surface area contributed by atoms with Crippen molar-refractivity contribution in [3.05, 3.63) is 64.4 Å². The minimum absolute atomic E-state index is 0.0233. The molecule has 2 aromatic carbocycles. The van der Waals surface area contributed by atoms with Gasteiger partial charge in [-0.2, -0.15) is 13.2 Å². The van der Waals surface area contributed by atoms with E-state index in [1.54, 1.807) is 6.07 Å². The number of halogens is 5. The second-order valence-electron chi connectivity index (χ2n) is 4.13. The van der Waals surface area contributed by atoms with Crippen molar-refractivity contribution in [2.24, 2.45) is 0 Å². The number of rotatable bonds is 3. The highest BCUT2D eigenvalue weighted by Crippen LogP contribution is 2.38. The Hall–Kier alpha value is -1.56. The van der Waals surface area contributed by atoms with Gasteiger partial charge >= 0.3 is 6.18 Å². The molecule has 0 aliphatic heterocycles. The van der Waals surface area contributed by atoms with E-state index in [4.69, 9.17) is 0 Å². The summed E-state index contributed by atoms with van der Waals surface area (Å²) in [5, 5.41) is 2.22. The van der Waals surface area contributed by atoms with Crippen LogP contribution in [0.1, 0.15) is 11.6 Å². The lowest BCUT2D eigenvalue weighted by atomic mass is 10.1. The van der Waals surface area contributed by atoms with Crippen LogP contribution in [0.4, 0.5) is 23.2 Å². The van der Waals surface area contributed by atoms with E-state index in [0.717, 1.165) is 6.07 Å². The molecular formula is C14H10BrF4N. The lowest BCUT2D eigenvalue weighted by Gasteiger charge is -2.24. The van der Waals surface area contributed by atoms with Gasteiger partial charge in [0.25, 0.3) is 0 Å². The van der Waals surface area contributed by atoms with Gasteiger partial charge in [0.1, 0.15) is 11.9 Å². The van der Waals surface area contributed by atoms with Crippen LogP contribution in [0.3, 0.4) is 0 Å². The highest BCUT2D eigenvalue weighted by molar-refractivity contribution is 9.10. The number of anilines is 1. The predicted octanol–water partition coefficient (Wildman–Crippen LogP) is 5.30. The number of nitrogens with one attached hydrogen (secondary N) is 1. The largest absolute Gasteiger partial charge is 0.412 e. The molecule has 20 heavy (non-hydrogen) atoms. The molecule has 1 N–H and O–H groups in total. The summed E-state index contributed by atoms with van der Waals surface area (Å²) in [6, 6.07) is 9.34. The molecule has 0 amide bonds. The summed E-state index contributed by atoms with van der Waals surface area (Å²) in [5.74, 6) is -0.746. The quantitative estimate of drug-likeness (QED) is 0.742. The molecule has 0 spiro atoms. The van der Waals surface area contributed by atoms with Crippen LogP contribution in [-0.4, -0.2) is 6.18 Å². The second kappa shape index (κ2) is 5.83. The average molecular weight is 348 g/mol. The molecule has 0 bridgehead atoms. The van der Waals surface area contributed by atoms with Gasteiger partial charge in [-0.05, 0) is 33.6 Å². The van der Waals surface area contributed by atoms with Crippen molar-refractivity contribution in [1.29, 1.82) is 0 Å². The zero-order valence-corrected chi connectivity index (χ0v) is 11.7. The van der Waals surface area contributed by atoms with Gasteiger partial charge in [0.05, 0.1) is 5.69 Å². The summed E-state index contributed by atoms with van der Waals surface area (Å²) in [5.41, 5.74) is -0.186. The molecule has 106 valence electrons. The minimum atomic E-state index is -4.54. The molecule has 0 aromatic heterocycles. The standard InChI is InChI=1S/C14H10BrF4N/c15-10-7-4-8-11(16)12(10)20-13(14(17,18)19)9-5-2-1-3-6-9/h1-8,13,20H. The van der Waals surface area contributed by atoms with Gasteiger partial charge in [0.15, 0.2) is 0 Å². The Kier molecular flexibility index (Phi) is 4.32. The summed E-state index contributed by atoms with van der Waals surface area (Å²) < 4.78 is 53.4. The van der Waals surface area contributed by atoms with E-state index in [1.165, 1.54) is 36.4 Å². The molecule has 6 heteroatoms. The van der Waals surface area contributed by atoms with Gasteiger partial charge in [0, 0.05) is 4.47 Å². The van der Waals surface area contributed by atoms with Crippen molar-refractivity contribution in [3.63, 3.8) is 0 Å². The number of para-hydroxylation sites is 1. The number of hydrogen-bond donors (Lipinski definition) is 1. The second-order valence-corrected chi connectivity index (χ2v) is 4.98. The number of alkyl halides is 3. The van der Waals surface area contributed by atoms with Gasteiger partial charge in [-0.1, -0.05) is 36.4 Å². The third kappa shape index (κ3) is 3.30. The molecule has 2 rings (SSSR count). The Balaban J connectivity index is 2.40. The first-order valence-electron chi connectivity index (χ1n) is 5.72. The highest BCUT2D eigenvalue weighted by atomic mass is 79.9. The van der Waals surface area contributed by atoms with Crippen LogP contribution in [-0.2, 0) is 0 Å². The van der Waals surface area contributed by atoms with Gasteiger partial charge in [0.2, 0.25) is 0 Å². The maximum Gasteiger partial charge on any atom is 0.412 e. The Bertz CT molecular complexity index is 563. The van der Waals surface area contributed by atoms with Crippen molar-refractivity contribution in [1.82, 2.24) is 0 Å². The van der Waals surface area contributed by atoms with Gasteiger partial charge < -0.3 is 5.32 Å². The lowest BCUT2D eigenvalue weighted by molar-refractivity contribution is -0.144. The molecule has 0 heterocycles. The van der Waals surface area contributed by atoms with Gasteiger partial charge in [-0.15, -0.1) is 0 Å². The fourth-order valence-corrected chi connectivity index (χ4v) is 2.24. The molecule has 0 fully saturated rings. The van der Waals surface area contributed by atoms with E-state index >= 15 is 0 Å². The maximum absolute atomic E-state index is 13.7. The highest BCUT2D eigenvalue weighted by Gasteiger charge is 2.41. The molecule has 0 saturated heterocycles. The zero-order valence-electron chi connectivity index (χ0n) is 10.1. The molecule has 1 unspecified atom stereocenters. The minimum Gasteiger partial charge on any atom is -0.367 e. The lowest BCUT2D eigenvalue weighted by Crippen LogP contribution is -2.28. The monoisotopic (exact) mass is 347 g/mol. The third-order valence-corrected chi connectivity index (χ3v) is 3.37. The molecule has 1 nitrogen and oxygen atoms in total. The summed E-state index contributed by atoms with van der Waals surface area (Å²) in [7, 11) is 0. The summed E-state index contributed by atoms with van der Waals surface area (Å²) in [4.78, 5) is 0. The normalized spacial score (nSPS) is 13.1. The van der Waals surface area contributed by atoms with Crippen LogP contribution >= 0.6 is 15.9 Å². The molecular weight excluding hydrogens is 338 g/mol. The fourth-order valence-electron chi connectivity index (χ4n) is 1.78. The van der Waals surface area contributed by atoms with E-state index < -0.39 is 18.0 Å². The zero-order chi connectivity index (χ0) is 14.8. The average Bonchev–Trinajstić information content (AvgIpc) is 2.38. The smallest absolute Gasteiger partial charge is 0.367 e. The van der Waals surface area contributed by atoms with Crippen molar-refractivity contribution in [3.8, 4) is 0 Å². The van der Waals surface area contributed by atoms with E-state index in [0.29, 0.717) is 0 Å². The molecule has 1 atom stereocenters. The molecule has 0 radical (unpaired) electrons. The van der Waals surface area contributed by atoms with Gasteiger partial charge in [-0.25, -0.2) is 4.39 Å². The Morgan fingerprint density at radius 1 is 0.950 bits per heavy atom. The predicted molar refractivity (Wildman–Crippen MR) is 73.0 cm³/mol. The fraction of sp³-hybridized carbons (Fsp3) is 0.143. The Labute approximate surface area is 121 Å². The SMILES string of the molecule is Fc1cccc(Br)c1NC(c1ccccc1)C(F)(F)F. The van der Waals surface area contributed by atoms with Crippen LogP contribution in [0.5, 0.6) is 0 Å². The molecule has 0 aliphatic carbocycles. The Morgan fingerprint density at radius 3 is 2.15 bits per heavy atom. The first kappa shape index (κ1) is 14.8. The van der Waals surface area contributed by atoms with Crippen molar-refractivity contribution < 1.29 is 17.6 Å². The number of hydrogen-bond acceptors (Lipinski definition) is 1. The van der Waals surface area contributed by atoms with E-state index in [1.807, 2.05) is 0 Å². The van der Waals surface area contributed by atoms with E-state index in [2.05, 4.69) is 21.2 Å². The molecule has 2 aromatic rings. The van der Waals surface area contributed by atoms with Crippen molar-refractivity contribution >= 4 is 21.6 Å². The summed E-state index contributed by atoms with van der Waals surface area (Å²) in [6.07, 6.45) is -4.54. The Morgan fingerprint density at radius 2 is 1.60 bits per heavy atom. The maximum atomic E-state index is 13.7. The van der Waals surface area contributed by atoms with Crippen molar-refractivity contribution in [2.45, 2.75) is 12.2 Å². The van der Waals surface area contributed by atoms with Crippen molar-refractivity contribution in [2.75, 3.05) is 5.32 Å².